The summed E-state index contributed by atoms with van der Waals surface area (Å²) in [4.78, 5) is 34.7. The number of hydrogen-bond donors (Lipinski definition) is 2. The Morgan fingerprint density at radius 3 is 1.52 bits per heavy atom. The highest BCUT2D eigenvalue weighted by molar-refractivity contribution is 6.43. The normalized spacial score (nSPS) is 10.9. The van der Waals surface area contributed by atoms with Gasteiger partial charge >= 0.3 is 18.0 Å². The second kappa shape index (κ2) is 7.16. The smallest absolute Gasteiger partial charge is 0.318 e. The first-order valence-corrected chi connectivity index (χ1v) is 7.07. The van der Waals surface area contributed by atoms with E-state index in [0.29, 0.717) is 11.3 Å². The lowest BCUT2D eigenvalue weighted by molar-refractivity contribution is -0.137. The number of amides is 2. The van der Waals surface area contributed by atoms with Gasteiger partial charge in [0, 0.05) is 16.9 Å². The lowest BCUT2D eigenvalue weighted by Gasteiger charge is -2.09. The molecule has 0 fully saturated rings. The van der Waals surface area contributed by atoms with Gasteiger partial charge in [-0.1, -0.05) is 0 Å². The summed E-state index contributed by atoms with van der Waals surface area (Å²) in [5, 5.41) is 4.52. The molecule has 2 aromatic carbocycles. The third kappa shape index (κ3) is 4.90. The molecule has 0 radical (unpaired) electrons. The van der Waals surface area contributed by atoms with E-state index in [9.17, 15) is 27.6 Å². The number of Topliss-reactive ketones (excluding diaryl/α,β-unsaturated/α-hetero) is 1. The van der Waals surface area contributed by atoms with Gasteiger partial charge in [0.25, 0.3) is 0 Å². The van der Waals surface area contributed by atoms with Crippen molar-refractivity contribution in [2.75, 3.05) is 10.6 Å². The summed E-state index contributed by atoms with van der Waals surface area (Å²) in [5.41, 5.74) is -0.0506. The van der Waals surface area contributed by atoms with E-state index in [-0.39, 0.29) is 11.5 Å². The van der Waals surface area contributed by atoms with Crippen molar-refractivity contribution < 1.29 is 27.6 Å². The fraction of sp³-hybridized carbons (Fsp3) is 0.118. The number of alkyl halides is 3. The number of carbonyl (C=O) groups is 3. The fourth-order valence-electron chi connectivity index (χ4n) is 1.91. The predicted molar refractivity (Wildman–Crippen MR) is 85.1 cm³/mol. The quantitative estimate of drug-likeness (QED) is 0.657. The van der Waals surface area contributed by atoms with Gasteiger partial charge in [-0.2, -0.15) is 13.2 Å². The van der Waals surface area contributed by atoms with Gasteiger partial charge in [0.05, 0.1) is 5.56 Å². The van der Waals surface area contributed by atoms with Gasteiger partial charge < -0.3 is 10.6 Å². The van der Waals surface area contributed by atoms with Crippen molar-refractivity contribution in [3.05, 3.63) is 59.7 Å². The monoisotopic (exact) mass is 350 g/mol. The van der Waals surface area contributed by atoms with Crippen LogP contribution in [0, 0.1) is 0 Å². The molecule has 0 saturated heterocycles. The van der Waals surface area contributed by atoms with Gasteiger partial charge in [0.15, 0.2) is 5.78 Å². The van der Waals surface area contributed by atoms with E-state index in [1.165, 1.54) is 31.2 Å². The van der Waals surface area contributed by atoms with Crippen molar-refractivity contribution in [2.45, 2.75) is 13.1 Å². The summed E-state index contributed by atoms with van der Waals surface area (Å²) in [6.45, 7) is 1.39. The summed E-state index contributed by atoms with van der Waals surface area (Å²) in [6, 6.07) is 9.60. The van der Waals surface area contributed by atoms with Gasteiger partial charge in [-0.3, -0.25) is 14.4 Å². The van der Waals surface area contributed by atoms with Crippen LogP contribution < -0.4 is 10.6 Å². The molecule has 0 bridgehead atoms. The number of carbonyl (C=O) groups excluding carboxylic acids is 3. The van der Waals surface area contributed by atoms with Crippen LogP contribution in [0.25, 0.3) is 0 Å². The molecule has 2 aromatic rings. The van der Waals surface area contributed by atoms with Gasteiger partial charge in [-0.25, -0.2) is 0 Å². The molecular weight excluding hydrogens is 337 g/mol. The van der Waals surface area contributed by atoms with Crippen molar-refractivity contribution in [3.8, 4) is 0 Å². The molecule has 0 saturated carbocycles. The molecule has 0 heterocycles. The maximum atomic E-state index is 12.5. The molecule has 2 amide bonds. The molecule has 0 atom stereocenters. The molecule has 5 nitrogen and oxygen atoms in total. The standard InChI is InChI=1S/C17H13F3N2O3/c1-10(23)11-2-6-13(7-3-11)21-15(24)16(25)22-14-8-4-12(5-9-14)17(18,19)20/h2-9H,1H3,(H,21,24)(H,22,25). The number of rotatable bonds is 3. The molecule has 130 valence electrons. The summed E-state index contributed by atoms with van der Waals surface area (Å²) in [7, 11) is 0. The molecule has 0 aliphatic rings. The number of benzene rings is 2. The Morgan fingerprint density at radius 2 is 1.16 bits per heavy atom. The molecule has 0 unspecified atom stereocenters. The average Bonchev–Trinajstić information content (AvgIpc) is 2.55. The highest BCUT2D eigenvalue weighted by Gasteiger charge is 2.30. The number of ketones is 1. The zero-order chi connectivity index (χ0) is 18.6. The van der Waals surface area contributed by atoms with Crippen LogP contribution in [0.5, 0.6) is 0 Å². The average molecular weight is 350 g/mol. The maximum Gasteiger partial charge on any atom is 0.416 e. The van der Waals surface area contributed by atoms with Crippen LogP contribution in [0.15, 0.2) is 48.5 Å². The molecule has 25 heavy (non-hydrogen) atoms. The van der Waals surface area contributed by atoms with Gasteiger partial charge in [0.1, 0.15) is 0 Å². The molecule has 0 spiro atoms. The molecule has 0 aliphatic heterocycles. The van der Waals surface area contributed by atoms with Gasteiger partial charge in [0.2, 0.25) is 0 Å². The minimum Gasteiger partial charge on any atom is -0.318 e. The zero-order valence-electron chi connectivity index (χ0n) is 13.0. The predicted octanol–water partition coefficient (Wildman–Crippen LogP) is 3.49. The number of anilines is 2. The van der Waals surface area contributed by atoms with Crippen LogP contribution in [0.2, 0.25) is 0 Å². The summed E-state index contributed by atoms with van der Waals surface area (Å²) in [6.07, 6.45) is -4.48. The van der Waals surface area contributed by atoms with E-state index in [0.717, 1.165) is 24.3 Å². The van der Waals surface area contributed by atoms with Crippen LogP contribution >= 0.6 is 0 Å². The Bertz CT molecular complexity index is 797. The Balaban J connectivity index is 1.98. The molecule has 2 N–H and O–H groups in total. The Kier molecular flexibility index (Phi) is 5.21. The SMILES string of the molecule is CC(=O)c1ccc(NC(=O)C(=O)Nc2ccc(C(F)(F)F)cc2)cc1. The van der Waals surface area contributed by atoms with Crippen molar-refractivity contribution in [1.29, 1.82) is 0 Å². The zero-order valence-corrected chi connectivity index (χ0v) is 13.0. The van der Waals surface area contributed by atoms with Crippen LogP contribution in [0.3, 0.4) is 0 Å². The lowest BCUT2D eigenvalue weighted by Crippen LogP contribution is -2.29. The van der Waals surface area contributed by atoms with Crippen LogP contribution in [0.1, 0.15) is 22.8 Å². The third-order valence-electron chi connectivity index (χ3n) is 3.23. The van der Waals surface area contributed by atoms with Crippen LogP contribution in [-0.4, -0.2) is 17.6 Å². The highest BCUT2D eigenvalue weighted by atomic mass is 19.4. The van der Waals surface area contributed by atoms with E-state index in [4.69, 9.17) is 0 Å². The van der Waals surface area contributed by atoms with Crippen LogP contribution in [-0.2, 0) is 15.8 Å². The lowest BCUT2D eigenvalue weighted by atomic mass is 10.1. The van der Waals surface area contributed by atoms with Crippen LogP contribution in [0.4, 0.5) is 24.5 Å². The molecule has 0 aliphatic carbocycles. The summed E-state index contributed by atoms with van der Waals surface area (Å²) in [5.74, 6) is -2.16. The Labute approximate surface area is 140 Å². The Hall–Kier alpha value is -3.16. The number of hydrogen-bond acceptors (Lipinski definition) is 3. The topological polar surface area (TPSA) is 75.3 Å². The molecule has 0 aromatic heterocycles. The first kappa shape index (κ1) is 18.2. The second-order valence-electron chi connectivity index (χ2n) is 5.12. The largest absolute Gasteiger partial charge is 0.416 e. The van der Waals surface area contributed by atoms with Crippen molar-refractivity contribution in [2.24, 2.45) is 0 Å². The number of halogens is 3. The second-order valence-corrected chi connectivity index (χ2v) is 5.12. The minimum absolute atomic E-state index is 0.0556. The van der Waals surface area contributed by atoms with Crippen molar-refractivity contribution in [1.82, 2.24) is 0 Å². The number of nitrogens with one attached hydrogen (secondary N) is 2. The van der Waals surface area contributed by atoms with Crippen molar-refractivity contribution in [3.63, 3.8) is 0 Å². The molecule has 2 rings (SSSR count). The first-order chi connectivity index (χ1) is 11.7. The Morgan fingerprint density at radius 1 is 0.760 bits per heavy atom. The molecule has 8 heteroatoms. The first-order valence-electron chi connectivity index (χ1n) is 7.07. The van der Waals surface area contributed by atoms with Crippen molar-refractivity contribution >= 4 is 29.0 Å². The summed E-state index contributed by atoms with van der Waals surface area (Å²) >= 11 is 0. The van der Waals surface area contributed by atoms with Gasteiger partial charge in [-0.15, -0.1) is 0 Å². The minimum atomic E-state index is -4.48. The summed E-state index contributed by atoms with van der Waals surface area (Å²) < 4.78 is 37.4. The van der Waals surface area contributed by atoms with Gasteiger partial charge in [-0.05, 0) is 55.5 Å². The molecular formula is C17H13F3N2O3. The third-order valence-corrected chi connectivity index (χ3v) is 3.23. The van der Waals surface area contributed by atoms with E-state index < -0.39 is 23.6 Å². The van der Waals surface area contributed by atoms with E-state index >= 15 is 0 Å². The van der Waals surface area contributed by atoms with E-state index in [1.807, 2.05) is 0 Å². The van der Waals surface area contributed by atoms with E-state index in [2.05, 4.69) is 10.6 Å². The van der Waals surface area contributed by atoms with E-state index in [1.54, 1.807) is 0 Å². The maximum absolute atomic E-state index is 12.5. The highest BCUT2D eigenvalue weighted by Crippen LogP contribution is 2.29. The fourth-order valence-corrected chi connectivity index (χ4v) is 1.91.